The van der Waals surface area contributed by atoms with Crippen LogP contribution in [0, 0.1) is 18.8 Å². The van der Waals surface area contributed by atoms with E-state index in [0.717, 1.165) is 5.56 Å². The normalized spacial score (nSPS) is 17.0. The van der Waals surface area contributed by atoms with Crippen LogP contribution >= 0.6 is 0 Å². The average molecular weight is 515 g/mol. The quantitative estimate of drug-likeness (QED) is 0.259. The van der Waals surface area contributed by atoms with E-state index >= 15 is 0 Å². The van der Waals surface area contributed by atoms with Crippen molar-refractivity contribution in [3.8, 4) is 0 Å². The van der Waals surface area contributed by atoms with Crippen molar-refractivity contribution in [1.29, 1.82) is 0 Å². The number of aryl methyl sites for hydroxylation is 1. The molecule has 3 atom stereocenters. The van der Waals surface area contributed by atoms with Gasteiger partial charge >= 0.3 is 0 Å². The molecule has 1 aromatic carbocycles. The third-order valence-electron chi connectivity index (χ3n) is 6.55. The van der Waals surface area contributed by atoms with Crippen molar-refractivity contribution in [3.63, 3.8) is 0 Å². The molecular formula is C28H42N4O5. The highest BCUT2D eigenvalue weighted by molar-refractivity contribution is 6.03. The van der Waals surface area contributed by atoms with Gasteiger partial charge in [0.2, 0.25) is 29.5 Å². The predicted molar refractivity (Wildman–Crippen MR) is 142 cm³/mol. The topological polar surface area (TPSA) is 125 Å². The molecule has 1 aliphatic rings. The van der Waals surface area contributed by atoms with E-state index in [1.165, 1.54) is 4.90 Å². The lowest BCUT2D eigenvalue weighted by Crippen LogP contribution is -2.54. The minimum atomic E-state index is -0.764. The van der Waals surface area contributed by atoms with Gasteiger partial charge in [-0.25, -0.2) is 0 Å². The molecule has 1 fully saturated rings. The van der Waals surface area contributed by atoms with Gasteiger partial charge in [-0.05, 0) is 44.2 Å². The summed E-state index contributed by atoms with van der Waals surface area (Å²) in [6.45, 7) is 9.73. The maximum absolute atomic E-state index is 13.0. The molecule has 1 saturated heterocycles. The molecule has 204 valence electrons. The first-order valence-electron chi connectivity index (χ1n) is 13.3. The molecule has 0 radical (unpaired) electrons. The Kier molecular flexibility index (Phi) is 11.8. The van der Waals surface area contributed by atoms with Crippen LogP contribution in [0.1, 0.15) is 78.2 Å². The zero-order valence-corrected chi connectivity index (χ0v) is 22.8. The first-order valence-corrected chi connectivity index (χ1v) is 13.3. The van der Waals surface area contributed by atoms with Gasteiger partial charge in [0, 0.05) is 31.0 Å². The third-order valence-corrected chi connectivity index (χ3v) is 6.55. The van der Waals surface area contributed by atoms with E-state index in [9.17, 15) is 24.0 Å². The number of carbonyl (C=O) groups excluding carboxylic acids is 5. The van der Waals surface area contributed by atoms with Crippen LogP contribution in [-0.2, 0) is 24.0 Å². The highest BCUT2D eigenvalue weighted by Crippen LogP contribution is 2.19. The fraction of sp³-hybridized carbons (Fsp3) is 0.607. The fourth-order valence-corrected chi connectivity index (χ4v) is 4.28. The molecule has 2 rings (SSSR count). The van der Waals surface area contributed by atoms with E-state index in [4.69, 9.17) is 0 Å². The van der Waals surface area contributed by atoms with Crippen molar-refractivity contribution in [2.24, 2.45) is 11.8 Å². The van der Waals surface area contributed by atoms with Gasteiger partial charge in [0.25, 0.3) is 0 Å². The minimum absolute atomic E-state index is 0.123. The van der Waals surface area contributed by atoms with Crippen LogP contribution in [0.3, 0.4) is 0 Å². The van der Waals surface area contributed by atoms with Crippen LogP contribution < -0.4 is 16.0 Å². The largest absolute Gasteiger partial charge is 0.344 e. The maximum atomic E-state index is 13.0. The molecule has 0 aromatic heterocycles. The van der Waals surface area contributed by atoms with Crippen LogP contribution in [0.4, 0.5) is 5.69 Å². The second-order valence-electron chi connectivity index (χ2n) is 10.3. The standard InChI is InChI=1S/C28H42N4O5/c1-6-10-22(26(35)29-21-14-12-19(4)13-15-21)30-27(36)25(18(2)3)31-23(33)11-8-7-9-16-32-24(34)17-20(5)28(32)37/h12-15,18,20,22,25H,6-11,16-17H2,1-5H3,(H,29,35)(H,30,36)(H,31,33). The van der Waals surface area contributed by atoms with Gasteiger partial charge in [-0.3, -0.25) is 28.9 Å². The van der Waals surface area contributed by atoms with Crippen molar-refractivity contribution >= 4 is 35.2 Å². The van der Waals surface area contributed by atoms with Crippen molar-refractivity contribution in [3.05, 3.63) is 29.8 Å². The lowest BCUT2D eigenvalue weighted by molar-refractivity contribution is -0.139. The van der Waals surface area contributed by atoms with Gasteiger partial charge in [0.15, 0.2) is 0 Å². The molecule has 37 heavy (non-hydrogen) atoms. The predicted octanol–water partition coefficient (Wildman–Crippen LogP) is 3.31. The van der Waals surface area contributed by atoms with Crippen LogP contribution in [0.25, 0.3) is 0 Å². The number of nitrogens with zero attached hydrogens (tertiary/aromatic N) is 1. The summed E-state index contributed by atoms with van der Waals surface area (Å²) < 4.78 is 0. The number of hydrogen-bond acceptors (Lipinski definition) is 5. The lowest BCUT2D eigenvalue weighted by atomic mass is 10.0. The van der Waals surface area contributed by atoms with Gasteiger partial charge < -0.3 is 16.0 Å². The maximum Gasteiger partial charge on any atom is 0.246 e. The zero-order chi connectivity index (χ0) is 27.5. The number of benzene rings is 1. The number of amides is 5. The molecule has 0 bridgehead atoms. The van der Waals surface area contributed by atoms with Crippen LogP contribution in [0.2, 0.25) is 0 Å². The summed E-state index contributed by atoms with van der Waals surface area (Å²) in [4.78, 5) is 63.6. The van der Waals surface area contributed by atoms with Crippen molar-refractivity contribution < 1.29 is 24.0 Å². The summed E-state index contributed by atoms with van der Waals surface area (Å²) in [7, 11) is 0. The number of rotatable bonds is 14. The highest BCUT2D eigenvalue weighted by Gasteiger charge is 2.34. The molecule has 0 saturated carbocycles. The minimum Gasteiger partial charge on any atom is -0.344 e. The number of likely N-dealkylation sites (tertiary alicyclic amines) is 1. The van der Waals surface area contributed by atoms with E-state index in [-0.39, 0.29) is 54.2 Å². The van der Waals surface area contributed by atoms with Gasteiger partial charge in [0.1, 0.15) is 12.1 Å². The van der Waals surface area contributed by atoms with Gasteiger partial charge in [-0.15, -0.1) is 0 Å². The Morgan fingerprint density at radius 1 is 1.00 bits per heavy atom. The van der Waals surface area contributed by atoms with Crippen LogP contribution in [0.5, 0.6) is 0 Å². The molecule has 3 N–H and O–H groups in total. The number of unbranched alkanes of at least 4 members (excludes halogenated alkanes) is 2. The molecular weight excluding hydrogens is 472 g/mol. The molecule has 9 nitrogen and oxygen atoms in total. The molecule has 1 heterocycles. The van der Waals surface area contributed by atoms with E-state index in [1.54, 1.807) is 6.92 Å². The number of nitrogens with one attached hydrogen (secondary N) is 3. The van der Waals surface area contributed by atoms with Crippen LogP contribution in [0.15, 0.2) is 24.3 Å². The Bertz CT molecular complexity index is 960. The van der Waals surface area contributed by atoms with E-state index in [0.29, 0.717) is 44.3 Å². The molecule has 1 aromatic rings. The average Bonchev–Trinajstić information content (AvgIpc) is 3.08. The summed E-state index contributed by atoms with van der Waals surface area (Å²) >= 11 is 0. The van der Waals surface area contributed by atoms with Gasteiger partial charge in [0.05, 0.1) is 0 Å². The highest BCUT2D eigenvalue weighted by atomic mass is 16.2. The number of hydrogen-bond donors (Lipinski definition) is 3. The Morgan fingerprint density at radius 2 is 1.68 bits per heavy atom. The second-order valence-corrected chi connectivity index (χ2v) is 10.3. The monoisotopic (exact) mass is 514 g/mol. The second kappa shape index (κ2) is 14.5. The molecule has 9 heteroatoms. The summed E-state index contributed by atoms with van der Waals surface area (Å²) in [5.74, 6) is -1.59. The molecule has 3 unspecified atom stereocenters. The number of anilines is 1. The van der Waals surface area contributed by atoms with E-state index in [1.807, 2.05) is 52.0 Å². The Hall–Kier alpha value is -3.23. The van der Waals surface area contributed by atoms with E-state index in [2.05, 4.69) is 16.0 Å². The smallest absolute Gasteiger partial charge is 0.246 e. The summed E-state index contributed by atoms with van der Waals surface area (Å²) in [5.41, 5.74) is 1.74. The molecule has 0 spiro atoms. The Morgan fingerprint density at radius 3 is 2.24 bits per heavy atom. The summed E-state index contributed by atoms with van der Waals surface area (Å²) in [5, 5.41) is 8.48. The van der Waals surface area contributed by atoms with Crippen LogP contribution in [-0.4, -0.2) is 53.1 Å². The summed E-state index contributed by atoms with van der Waals surface area (Å²) in [6, 6.07) is 5.96. The van der Waals surface area contributed by atoms with Gasteiger partial charge in [-0.1, -0.05) is 58.2 Å². The summed E-state index contributed by atoms with van der Waals surface area (Å²) in [6.07, 6.45) is 3.60. The SMILES string of the molecule is CCCC(NC(=O)C(NC(=O)CCCCCN1C(=O)CC(C)C1=O)C(C)C)C(=O)Nc1ccc(C)cc1. The van der Waals surface area contributed by atoms with E-state index < -0.39 is 12.1 Å². The number of imide groups is 1. The van der Waals surface area contributed by atoms with Crippen molar-refractivity contribution in [1.82, 2.24) is 15.5 Å². The molecule has 5 amide bonds. The number of carbonyl (C=O) groups is 5. The van der Waals surface area contributed by atoms with Crippen molar-refractivity contribution in [2.75, 3.05) is 11.9 Å². The first kappa shape index (κ1) is 30.0. The molecule has 0 aliphatic carbocycles. The fourth-order valence-electron chi connectivity index (χ4n) is 4.28. The Balaban J connectivity index is 1.82. The first-order chi connectivity index (χ1) is 17.5. The molecule has 1 aliphatic heterocycles. The zero-order valence-electron chi connectivity index (χ0n) is 22.8. The van der Waals surface area contributed by atoms with Gasteiger partial charge in [-0.2, -0.15) is 0 Å². The third kappa shape index (κ3) is 9.30. The Labute approximate surface area is 220 Å². The van der Waals surface area contributed by atoms with Crippen molar-refractivity contribution in [2.45, 2.75) is 91.6 Å². The lowest BCUT2D eigenvalue weighted by Gasteiger charge is -2.25.